The van der Waals surface area contributed by atoms with Crippen LogP contribution in [-0.4, -0.2) is 12.2 Å². The Morgan fingerprint density at radius 2 is 2.19 bits per heavy atom. The average Bonchev–Trinajstić information content (AvgIpc) is 2.43. The van der Waals surface area contributed by atoms with E-state index in [-0.39, 0.29) is 5.60 Å². The van der Waals surface area contributed by atoms with Crippen LogP contribution < -0.4 is 0 Å². The van der Waals surface area contributed by atoms with Crippen molar-refractivity contribution in [2.24, 2.45) is 11.3 Å². The number of hydrogen-bond donors (Lipinski definition) is 0. The van der Waals surface area contributed by atoms with Crippen LogP contribution in [0.3, 0.4) is 0 Å². The molecule has 0 aromatic carbocycles. The van der Waals surface area contributed by atoms with Gasteiger partial charge in [-0.2, -0.15) is 0 Å². The number of allylic oxidation sites excluding steroid dienone is 4. The van der Waals surface area contributed by atoms with E-state index >= 15 is 0 Å². The van der Waals surface area contributed by atoms with Crippen molar-refractivity contribution in [2.45, 2.75) is 38.7 Å². The summed E-state index contributed by atoms with van der Waals surface area (Å²) in [4.78, 5) is 0. The highest BCUT2D eigenvalue weighted by Gasteiger charge is 2.62. The summed E-state index contributed by atoms with van der Waals surface area (Å²) < 4.78 is 5.89. The van der Waals surface area contributed by atoms with Gasteiger partial charge >= 0.3 is 0 Å². The molecule has 0 spiro atoms. The Labute approximate surface area is 98.9 Å². The lowest BCUT2D eigenvalue weighted by Gasteiger charge is -2.54. The van der Waals surface area contributed by atoms with Crippen LogP contribution in [0.1, 0.15) is 33.1 Å². The molecule has 1 heteroatoms. The summed E-state index contributed by atoms with van der Waals surface area (Å²) in [5.74, 6) is 0.635. The monoisotopic (exact) mass is 218 g/mol. The summed E-state index contributed by atoms with van der Waals surface area (Å²) in [5.41, 5.74) is 1.79. The minimum atomic E-state index is 0.0935. The highest BCUT2D eigenvalue weighted by Crippen LogP contribution is 2.60. The maximum atomic E-state index is 5.89. The van der Waals surface area contributed by atoms with E-state index in [0.717, 1.165) is 13.0 Å². The summed E-state index contributed by atoms with van der Waals surface area (Å²) in [6, 6.07) is 0. The molecule has 3 atom stereocenters. The molecule has 0 bridgehead atoms. The van der Waals surface area contributed by atoms with Gasteiger partial charge in [0.25, 0.3) is 0 Å². The van der Waals surface area contributed by atoms with Crippen molar-refractivity contribution < 1.29 is 4.74 Å². The summed E-state index contributed by atoms with van der Waals surface area (Å²) in [5, 5.41) is 0. The van der Waals surface area contributed by atoms with E-state index in [9.17, 15) is 0 Å². The number of ether oxygens (including phenoxy) is 1. The number of hydrogen-bond acceptors (Lipinski definition) is 1. The van der Waals surface area contributed by atoms with Crippen molar-refractivity contribution in [3.05, 3.63) is 37.0 Å². The Kier molecular flexibility index (Phi) is 2.83. The molecule has 2 rings (SSSR count). The van der Waals surface area contributed by atoms with Crippen LogP contribution in [-0.2, 0) is 4.74 Å². The zero-order chi connectivity index (χ0) is 11.8. The van der Waals surface area contributed by atoms with E-state index in [4.69, 9.17) is 4.74 Å². The predicted octanol–water partition coefficient (Wildman–Crippen LogP) is 3.88. The molecule has 0 aromatic rings. The largest absolute Gasteiger partial charge is 0.374 e. The molecule has 1 saturated heterocycles. The van der Waals surface area contributed by atoms with Crippen LogP contribution >= 0.6 is 0 Å². The highest BCUT2D eigenvalue weighted by atomic mass is 16.5. The Bertz CT molecular complexity index is 341. The van der Waals surface area contributed by atoms with E-state index in [1.807, 2.05) is 12.2 Å². The van der Waals surface area contributed by atoms with Crippen molar-refractivity contribution >= 4 is 0 Å². The molecule has 2 aliphatic rings. The van der Waals surface area contributed by atoms with Gasteiger partial charge < -0.3 is 4.74 Å². The minimum Gasteiger partial charge on any atom is -0.374 e. The number of rotatable bonds is 4. The van der Waals surface area contributed by atoms with E-state index in [1.165, 1.54) is 18.4 Å². The third-order valence-corrected chi connectivity index (χ3v) is 4.79. The zero-order valence-electron chi connectivity index (χ0n) is 10.5. The third-order valence-electron chi connectivity index (χ3n) is 4.79. The first-order chi connectivity index (χ1) is 7.55. The molecule has 1 nitrogen and oxygen atoms in total. The molecule has 1 aliphatic heterocycles. The molecule has 16 heavy (non-hydrogen) atoms. The van der Waals surface area contributed by atoms with E-state index in [2.05, 4.69) is 33.1 Å². The fourth-order valence-electron chi connectivity index (χ4n) is 3.20. The van der Waals surface area contributed by atoms with Gasteiger partial charge in [-0.15, -0.1) is 0 Å². The maximum Gasteiger partial charge on any atom is 0.0761 e. The normalized spacial score (nSPS) is 42.4. The van der Waals surface area contributed by atoms with Gasteiger partial charge in [0.05, 0.1) is 12.2 Å². The Morgan fingerprint density at radius 3 is 2.62 bits per heavy atom. The first kappa shape index (κ1) is 11.7. The highest BCUT2D eigenvalue weighted by molar-refractivity contribution is 5.24. The lowest BCUT2D eigenvalue weighted by molar-refractivity contribution is -0.249. The van der Waals surface area contributed by atoms with Crippen molar-refractivity contribution in [2.75, 3.05) is 6.61 Å². The second kappa shape index (κ2) is 3.89. The summed E-state index contributed by atoms with van der Waals surface area (Å²) in [6.07, 6.45) is 9.49. The molecule has 0 amide bonds. The van der Waals surface area contributed by atoms with Gasteiger partial charge in [-0.3, -0.25) is 0 Å². The Hall–Kier alpha value is -0.820. The average molecular weight is 218 g/mol. The second-order valence-corrected chi connectivity index (χ2v) is 5.58. The van der Waals surface area contributed by atoms with Crippen LogP contribution in [0.4, 0.5) is 0 Å². The van der Waals surface area contributed by atoms with Crippen LogP contribution in [0.15, 0.2) is 37.0 Å². The third kappa shape index (κ3) is 1.49. The number of fused-ring (bicyclic) bond motifs is 1. The van der Waals surface area contributed by atoms with Gasteiger partial charge in [-0.1, -0.05) is 38.3 Å². The lowest BCUT2D eigenvalue weighted by Crippen LogP contribution is -2.59. The predicted molar refractivity (Wildman–Crippen MR) is 68.3 cm³/mol. The molecule has 2 fully saturated rings. The Morgan fingerprint density at radius 1 is 1.44 bits per heavy atom. The molecule has 0 N–H and O–H groups in total. The van der Waals surface area contributed by atoms with Crippen LogP contribution in [0.5, 0.6) is 0 Å². The SMILES string of the molecule is C=C/C=C(\C=C)CC1CCC2(C)COC12C. The van der Waals surface area contributed by atoms with E-state index in [0.29, 0.717) is 11.3 Å². The van der Waals surface area contributed by atoms with Gasteiger partial charge in [0.2, 0.25) is 0 Å². The van der Waals surface area contributed by atoms with Crippen LogP contribution in [0.25, 0.3) is 0 Å². The molecular formula is C15H22O. The first-order valence-corrected chi connectivity index (χ1v) is 6.14. The first-order valence-electron chi connectivity index (χ1n) is 6.14. The molecule has 88 valence electrons. The van der Waals surface area contributed by atoms with Gasteiger partial charge in [0.1, 0.15) is 0 Å². The summed E-state index contributed by atoms with van der Waals surface area (Å²) >= 11 is 0. The van der Waals surface area contributed by atoms with Crippen molar-refractivity contribution in [3.63, 3.8) is 0 Å². The van der Waals surface area contributed by atoms with Gasteiger partial charge in [-0.25, -0.2) is 0 Å². The maximum absolute atomic E-state index is 5.89. The standard InChI is InChI=1S/C15H22O/c1-5-7-12(6-2)10-13-8-9-14(3)11-16-15(13,14)4/h5-7,13H,1-2,8-11H2,3-4H3/b12-7+. The van der Waals surface area contributed by atoms with Crippen LogP contribution in [0, 0.1) is 11.3 Å². The fraction of sp³-hybridized carbons (Fsp3) is 0.600. The summed E-state index contributed by atoms with van der Waals surface area (Å²) in [7, 11) is 0. The smallest absolute Gasteiger partial charge is 0.0761 e. The van der Waals surface area contributed by atoms with Crippen molar-refractivity contribution in [1.82, 2.24) is 0 Å². The second-order valence-electron chi connectivity index (χ2n) is 5.58. The van der Waals surface area contributed by atoms with Gasteiger partial charge in [0.15, 0.2) is 0 Å². The molecule has 1 saturated carbocycles. The molecule has 0 radical (unpaired) electrons. The molecule has 1 heterocycles. The fourth-order valence-corrected chi connectivity index (χ4v) is 3.20. The zero-order valence-corrected chi connectivity index (χ0v) is 10.5. The van der Waals surface area contributed by atoms with E-state index < -0.39 is 0 Å². The van der Waals surface area contributed by atoms with Crippen LogP contribution in [0.2, 0.25) is 0 Å². The molecule has 0 aromatic heterocycles. The molecule has 1 aliphatic carbocycles. The molecule has 3 unspecified atom stereocenters. The van der Waals surface area contributed by atoms with Crippen molar-refractivity contribution in [1.29, 1.82) is 0 Å². The summed E-state index contributed by atoms with van der Waals surface area (Å²) in [6.45, 7) is 13.2. The molecular weight excluding hydrogens is 196 g/mol. The van der Waals surface area contributed by atoms with Gasteiger partial charge in [0, 0.05) is 5.41 Å². The quantitative estimate of drug-likeness (QED) is 0.651. The lowest BCUT2D eigenvalue weighted by atomic mass is 9.68. The van der Waals surface area contributed by atoms with E-state index in [1.54, 1.807) is 0 Å². The Balaban J connectivity index is 2.10. The minimum absolute atomic E-state index is 0.0935. The van der Waals surface area contributed by atoms with Crippen molar-refractivity contribution in [3.8, 4) is 0 Å². The topological polar surface area (TPSA) is 9.23 Å². The van der Waals surface area contributed by atoms with Gasteiger partial charge in [-0.05, 0) is 37.7 Å².